The van der Waals surface area contributed by atoms with Crippen LogP contribution in [-0.4, -0.2) is 34.6 Å². The summed E-state index contributed by atoms with van der Waals surface area (Å²) in [4.78, 5) is 29.0. The Hall–Kier alpha value is -2.14. The number of aromatic amines is 1. The van der Waals surface area contributed by atoms with Gasteiger partial charge in [-0.15, -0.1) is 0 Å². The second kappa shape index (κ2) is 13.1. The van der Waals surface area contributed by atoms with Crippen molar-refractivity contribution in [2.75, 3.05) is 6.61 Å². The lowest BCUT2D eigenvalue weighted by Crippen LogP contribution is -2.66. The zero-order chi connectivity index (χ0) is 35.6. The van der Waals surface area contributed by atoms with E-state index in [1.54, 1.807) is 6.92 Å². The minimum Gasteiger partial charge on any atom is -0.462 e. The molecule has 0 saturated heterocycles. The van der Waals surface area contributed by atoms with Gasteiger partial charge in [0, 0.05) is 35.9 Å². The Kier molecular flexibility index (Phi) is 9.81. The lowest BCUT2D eigenvalue weighted by Gasteiger charge is -2.71. The van der Waals surface area contributed by atoms with Crippen LogP contribution in [0.15, 0.2) is 30.5 Å². The Bertz CT molecular complexity index is 1520. The van der Waals surface area contributed by atoms with E-state index >= 15 is 0 Å². The normalized spacial score (nSPS) is 37.6. The second-order valence-corrected chi connectivity index (χ2v) is 19.4. The maximum atomic E-state index is 12.9. The number of aliphatic hydroxyl groups is 1. The fraction of sp³-hybridized carbons (Fsp3) is 0.773. The molecule has 0 amide bonds. The Morgan fingerprint density at radius 1 is 0.980 bits per heavy atom. The summed E-state index contributed by atoms with van der Waals surface area (Å²) in [6.07, 6.45) is 15.2. The van der Waals surface area contributed by atoms with Gasteiger partial charge in [-0.3, -0.25) is 9.59 Å². The highest BCUT2D eigenvalue weighted by atomic mass is 16.5. The molecular formula is C44H67NO4. The standard InChI is InChI=1S/C44H67NO4/c1-28-17-21-42(7)37(41(28,5)6)19-23-43(8)38(42)25-36(49-29(2)47)39-33(18-22-44(39,43)9)40(3,4)20-13-12-14-30(35(48)27-46)24-31-26-45-34-16-11-10-15-32(31)34/h10-11,15-16,26,28,30,33,36-39,45-46H,12-14,17-25,27H2,1-9H3/t28-,30-,33?,36?,37?,38?,39-,42-,43+,44+/m0/s1. The van der Waals surface area contributed by atoms with Crippen LogP contribution in [0.3, 0.4) is 0 Å². The van der Waals surface area contributed by atoms with Crippen LogP contribution >= 0.6 is 0 Å². The molecule has 2 aromatic rings. The third kappa shape index (κ3) is 6.04. The van der Waals surface area contributed by atoms with Crippen molar-refractivity contribution in [1.82, 2.24) is 4.98 Å². The highest BCUT2D eigenvalue weighted by molar-refractivity contribution is 5.86. The van der Waals surface area contributed by atoms with Crippen LogP contribution in [0.1, 0.15) is 139 Å². The van der Waals surface area contributed by atoms with Crippen LogP contribution < -0.4 is 0 Å². The van der Waals surface area contributed by atoms with Crippen LogP contribution in [0.5, 0.6) is 0 Å². The van der Waals surface area contributed by atoms with E-state index in [1.807, 2.05) is 18.3 Å². The highest BCUT2D eigenvalue weighted by Gasteiger charge is 2.71. The molecule has 5 nitrogen and oxygen atoms in total. The summed E-state index contributed by atoms with van der Waals surface area (Å²) in [7, 11) is 0. The van der Waals surface area contributed by atoms with E-state index in [0.717, 1.165) is 49.1 Å². The first-order chi connectivity index (χ1) is 23.0. The number of rotatable bonds is 11. The molecule has 5 heteroatoms. The minimum absolute atomic E-state index is 0.0203. The van der Waals surface area contributed by atoms with Gasteiger partial charge in [-0.1, -0.05) is 86.4 Å². The summed E-state index contributed by atoms with van der Waals surface area (Å²) in [5, 5.41) is 11.0. The van der Waals surface area contributed by atoms with Crippen molar-refractivity contribution in [2.24, 2.45) is 62.6 Å². The summed E-state index contributed by atoms with van der Waals surface area (Å²) in [6.45, 7) is 21.6. The number of ether oxygens (including phenoxy) is 1. The van der Waals surface area contributed by atoms with Crippen molar-refractivity contribution in [1.29, 1.82) is 0 Å². The molecule has 0 aliphatic heterocycles. The topological polar surface area (TPSA) is 79.4 Å². The molecule has 1 aromatic carbocycles. The number of esters is 1. The van der Waals surface area contributed by atoms with E-state index in [4.69, 9.17) is 4.74 Å². The number of unbranched alkanes of at least 4 members (excludes halogenated alkanes) is 1. The fourth-order valence-corrected chi connectivity index (χ4v) is 13.3. The largest absolute Gasteiger partial charge is 0.462 e. The number of ketones is 1. The smallest absolute Gasteiger partial charge is 0.302 e. The Morgan fingerprint density at radius 2 is 1.69 bits per heavy atom. The van der Waals surface area contributed by atoms with Gasteiger partial charge in [0.25, 0.3) is 0 Å². The molecule has 4 saturated carbocycles. The van der Waals surface area contributed by atoms with Crippen molar-refractivity contribution in [3.8, 4) is 0 Å². The third-order valence-corrected chi connectivity index (χ3v) is 16.6. The molecule has 0 radical (unpaired) electrons. The van der Waals surface area contributed by atoms with E-state index in [-0.39, 0.29) is 45.4 Å². The average molecular weight is 674 g/mol. The van der Waals surface area contributed by atoms with E-state index in [9.17, 15) is 14.7 Å². The summed E-state index contributed by atoms with van der Waals surface area (Å²) in [5.74, 6) is 2.54. The van der Waals surface area contributed by atoms with Gasteiger partial charge in [-0.2, -0.15) is 0 Å². The molecule has 1 heterocycles. The molecule has 49 heavy (non-hydrogen) atoms. The third-order valence-electron chi connectivity index (χ3n) is 16.6. The predicted molar refractivity (Wildman–Crippen MR) is 199 cm³/mol. The number of para-hydroxylation sites is 1. The van der Waals surface area contributed by atoms with Gasteiger partial charge in [0.05, 0.1) is 0 Å². The van der Waals surface area contributed by atoms with Crippen LogP contribution in [0.25, 0.3) is 10.9 Å². The molecule has 1 aromatic heterocycles. The number of H-pyrrole nitrogens is 1. The fourth-order valence-electron chi connectivity index (χ4n) is 13.3. The number of hydrogen-bond donors (Lipinski definition) is 2. The van der Waals surface area contributed by atoms with Gasteiger partial charge in [0.2, 0.25) is 0 Å². The highest BCUT2D eigenvalue weighted by Crippen LogP contribution is 2.77. The molecule has 4 fully saturated rings. The number of aromatic nitrogens is 1. The van der Waals surface area contributed by atoms with E-state index < -0.39 is 6.61 Å². The first-order valence-electron chi connectivity index (χ1n) is 19.9. The first-order valence-corrected chi connectivity index (χ1v) is 19.9. The van der Waals surface area contributed by atoms with Crippen LogP contribution in [-0.2, 0) is 20.7 Å². The molecule has 0 bridgehead atoms. The van der Waals surface area contributed by atoms with Crippen molar-refractivity contribution in [3.05, 3.63) is 36.0 Å². The monoisotopic (exact) mass is 674 g/mol. The molecule has 6 rings (SSSR count). The van der Waals surface area contributed by atoms with Gasteiger partial charge >= 0.3 is 5.97 Å². The van der Waals surface area contributed by atoms with Gasteiger partial charge in [0.15, 0.2) is 5.78 Å². The Balaban J connectivity index is 1.18. The van der Waals surface area contributed by atoms with Gasteiger partial charge < -0.3 is 14.8 Å². The van der Waals surface area contributed by atoms with Gasteiger partial charge in [-0.25, -0.2) is 0 Å². The Labute approximate surface area is 297 Å². The number of fused-ring (bicyclic) bond motifs is 6. The predicted octanol–water partition coefficient (Wildman–Crippen LogP) is 10.3. The second-order valence-electron chi connectivity index (χ2n) is 19.4. The SMILES string of the molecule is CC(=O)OC1CC2[C@@]3(C)CC[C@H](C)C(C)(C)C3CC[C@@]2(C)[C@]2(C)CCC(C(C)(C)CCCC[C@@H](Cc3c[nH]c4ccccc34)C(=O)CO)[C@@H]12. The number of carbonyl (C=O) groups excluding carboxylic acids is 2. The van der Waals surface area contributed by atoms with Crippen molar-refractivity contribution >= 4 is 22.7 Å². The molecule has 272 valence electrons. The summed E-state index contributed by atoms with van der Waals surface area (Å²) < 4.78 is 6.46. The summed E-state index contributed by atoms with van der Waals surface area (Å²) >= 11 is 0. The quantitative estimate of drug-likeness (QED) is 0.184. The van der Waals surface area contributed by atoms with Crippen molar-refractivity contribution in [2.45, 2.75) is 145 Å². The van der Waals surface area contributed by atoms with Crippen molar-refractivity contribution < 1.29 is 19.4 Å². The molecule has 10 atom stereocenters. The van der Waals surface area contributed by atoms with Crippen LogP contribution in [0.2, 0.25) is 0 Å². The van der Waals surface area contributed by atoms with Crippen molar-refractivity contribution in [3.63, 3.8) is 0 Å². The van der Waals surface area contributed by atoms with Crippen LogP contribution in [0.4, 0.5) is 0 Å². The lowest BCUT2D eigenvalue weighted by molar-refractivity contribution is -0.242. The first kappa shape index (κ1) is 36.6. The molecule has 4 aliphatic rings. The van der Waals surface area contributed by atoms with Crippen LogP contribution in [0, 0.1) is 62.6 Å². The van der Waals surface area contributed by atoms with Gasteiger partial charge in [0.1, 0.15) is 12.7 Å². The lowest BCUT2D eigenvalue weighted by atomic mass is 9.34. The number of aliphatic hydroxyl groups excluding tert-OH is 1. The van der Waals surface area contributed by atoms with E-state index in [0.29, 0.717) is 35.5 Å². The Morgan fingerprint density at radius 3 is 2.41 bits per heavy atom. The number of nitrogens with one attached hydrogen (secondary N) is 1. The molecule has 2 N–H and O–H groups in total. The average Bonchev–Trinajstić information content (AvgIpc) is 3.63. The number of hydrogen-bond acceptors (Lipinski definition) is 4. The zero-order valence-corrected chi connectivity index (χ0v) is 32.3. The van der Waals surface area contributed by atoms with E-state index in [2.05, 4.69) is 72.5 Å². The zero-order valence-electron chi connectivity index (χ0n) is 32.3. The molecular weight excluding hydrogens is 606 g/mol. The van der Waals surface area contributed by atoms with E-state index in [1.165, 1.54) is 43.9 Å². The molecule has 0 spiro atoms. The number of benzene rings is 1. The maximum absolute atomic E-state index is 12.9. The summed E-state index contributed by atoms with van der Waals surface area (Å²) in [5.41, 5.74) is 3.33. The molecule has 4 unspecified atom stereocenters. The number of Topliss-reactive ketones (excluding diaryl/α,β-unsaturated/α-hetero) is 1. The number of carbonyl (C=O) groups is 2. The maximum Gasteiger partial charge on any atom is 0.302 e. The summed E-state index contributed by atoms with van der Waals surface area (Å²) in [6, 6.07) is 8.24. The van der Waals surface area contributed by atoms with Gasteiger partial charge in [-0.05, 0) is 127 Å². The minimum atomic E-state index is -0.394. The molecule has 4 aliphatic carbocycles.